The van der Waals surface area contributed by atoms with E-state index in [0.29, 0.717) is 18.7 Å². The Morgan fingerprint density at radius 2 is 1.57 bits per heavy atom. The van der Waals surface area contributed by atoms with Crippen molar-refractivity contribution < 1.29 is 24.2 Å². The predicted octanol–water partition coefficient (Wildman–Crippen LogP) is 2.94. The summed E-state index contributed by atoms with van der Waals surface area (Å²) in [6, 6.07) is 13.2. The smallest absolute Gasteiger partial charge is 0.253 e. The summed E-state index contributed by atoms with van der Waals surface area (Å²) < 4.78 is 6.88. The summed E-state index contributed by atoms with van der Waals surface area (Å²) in [5.41, 5.74) is 0.915. The Balaban J connectivity index is 1.57. The number of para-hydroxylation sites is 1. The lowest BCUT2D eigenvalue weighted by molar-refractivity contribution is -0.151. The van der Waals surface area contributed by atoms with Gasteiger partial charge in [0.25, 0.3) is 5.91 Å². The standard InChI is InChI=1S/C32H35N3O5/c1-20-11-8-12-21(2)26(20)34-18-10-16-32-25(24-28(37)33(4)17-9-15-31(24,3)40-32)29(38)35(27(32)30(34)39)23(19-36)22-13-6-5-7-14-22/h5-16,23-25,27,36H,17-19H2,1-4H3/t23-,24-,25+,27?,31+,32+/m1/s1. The van der Waals surface area contributed by atoms with Crippen LogP contribution in [0.25, 0.3) is 0 Å². The van der Waals surface area contributed by atoms with Crippen molar-refractivity contribution in [3.63, 3.8) is 0 Å². The van der Waals surface area contributed by atoms with Crippen molar-refractivity contribution in [2.75, 3.05) is 31.6 Å². The van der Waals surface area contributed by atoms with Crippen LogP contribution in [0.4, 0.5) is 5.69 Å². The number of hydrogen-bond donors (Lipinski definition) is 1. The van der Waals surface area contributed by atoms with E-state index in [0.717, 1.165) is 16.8 Å². The highest BCUT2D eigenvalue weighted by Gasteiger charge is 2.75. The quantitative estimate of drug-likeness (QED) is 0.602. The molecule has 2 aromatic carbocycles. The van der Waals surface area contributed by atoms with Gasteiger partial charge in [-0.1, -0.05) is 72.8 Å². The van der Waals surface area contributed by atoms with Crippen molar-refractivity contribution >= 4 is 23.4 Å². The molecule has 6 atom stereocenters. The zero-order chi connectivity index (χ0) is 28.4. The molecule has 1 spiro atoms. The van der Waals surface area contributed by atoms with E-state index < -0.39 is 35.1 Å². The van der Waals surface area contributed by atoms with Crippen LogP contribution in [0.2, 0.25) is 0 Å². The molecule has 2 fully saturated rings. The second-order valence-corrected chi connectivity index (χ2v) is 11.6. The summed E-state index contributed by atoms with van der Waals surface area (Å²) in [4.78, 5) is 48.1. The lowest BCUT2D eigenvalue weighted by Gasteiger charge is -2.40. The van der Waals surface area contributed by atoms with Crippen LogP contribution in [0, 0.1) is 25.7 Å². The monoisotopic (exact) mass is 541 g/mol. The molecule has 6 rings (SSSR count). The van der Waals surface area contributed by atoms with Gasteiger partial charge >= 0.3 is 0 Å². The highest BCUT2D eigenvalue weighted by molar-refractivity contribution is 6.06. The maximum absolute atomic E-state index is 14.8. The summed E-state index contributed by atoms with van der Waals surface area (Å²) in [5.74, 6) is -2.61. The molecule has 1 N–H and O–H groups in total. The maximum atomic E-state index is 14.8. The number of fused-ring (bicyclic) bond motifs is 2. The molecule has 40 heavy (non-hydrogen) atoms. The minimum absolute atomic E-state index is 0.194. The number of nitrogens with zero attached hydrogens (tertiary/aromatic N) is 3. The number of aliphatic hydroxyl groups excluding tert-OH is 1. The fraction of sp³-hybridized carbons (Fsp3) is 0.406. The number of carbonyl (C=O) groups is 3. The second-order valence-electron chi connectivity index (χ2n) is 11.6. The number of benzene rings is 2. The van der Waals surface area contributed by atoms with Gasteiger partial charge in [-0.05, 0) is 37.5 Å². The number of aryl methyl sites for hydroxylation is 2. The summed E-state index contributed by atoms with van der Waals surface area (Å²) in [7, 11) is 1.72. The Bertz CT molecular complexity index is 1420. The molecule has 8 nitrogen and oxygen atoms in total. The van der Waals surface area contributed by atoms with Crippen molar-refractivity contribution in [1.29, 1.82) is 0 Å². The number of ether oxygens (including phenoxy) is 1. The highest BCUT2D eigenvalue weighted by atomic mass is 16.5. The van der Waals surface area contributed by atoms with E-state index in [9.17, 15) is 19.5 Å². The number of aliphatic hydroxyl groups is 1. The van der Waals surface area contributed by atoms with Gasteiger partial charge in [0.1, 0.15) is 11.6 Å². The molecule has 0 aliphatic carbocycles. The van der Waals surface area contributed by atoms with Gasteiger partial charge in [-0.3, -0.25) is 14.4 Å². The van der Waals surface area contributed by atoms with Crippen LogP contribution >= 0.6 is 0 Å². The molecule has 0 saturated carbocycles. The van der Waals surface area contributed by atoms with Gasteiger partial charge in [-0.15, -0.1) is 0 Å². The van der Waals surface area contributed by atoms with Crippen LogP contribution in [0.5, 0.6) is 0 Å². The molecule has 0 radical (unpaired) electrons. The number of likely N-dealkylation sites (tertiary alicyclic amines) is 1. The summed E-state index contributed by atoms with van der Waals surface area (Å²) in [5, 5.41) is 10.7. The van der Waals surface area contributed by atoms with Gasteiger partial charge in [0.2, 0.25) is 11.8 Å². The molecule has 4 aliphatic heterocycles. The van der Waals surface area contributed by atoms with Crippen molar-refractivity contribution in [3.05, 3.63) is 89.5 Å². The molecule has 0 bridgehead atoms. The van der Waals surface area contributed by atoms with E-state index >= 15 is 0 Å². The van der Waals surface area contributed by atoms with E-state index in [1.165, 1.54) is 4.90 Å². The third kappa shape index (κ3) is 3.62. The minimum atomic E-state index is -1.39. The van der Waals surface area contributed by atoms with Crippen LogP contribution in [0.3, 0.4) is 0 Å². The minimum Gasteiger partial charge on any atom is -0.394 e. The Morgan fingerprint density at radius 1 is 0.900 bits per heavy atom. The van der Waals surface area contributed by atoms with Crippen LogP contribution in [-0.2, 0) is 19.1 Å². The third-order valence-electron chi connectivity index (χ3n) is 9.10. The first-order valence-electron chi connectivity index (χ1n) is 13.8. The SMILES string of the molecule is Cc1cccc(C)c1N1CC=C[C@]23O[C@@]4(C)C=CCN(C)C(=O)[C@H]4[C@H]2C(=O)N([C@H](CO)c2ccccc2)C3C1=O. The fourth-order valence-electron chi connectivity index (χ4n) is 7.38. The largest absolute Gasteiger partial charge is 0.394 e. The van der Waals surface area contributed by atoms with Crippen molar-refractivity contribution in [3.8, 4) is 0 Å². The van der Waals surface area contributed by atoms with Gasteiger partial charge in [-0.2, -0.15) is 0 Å². The molecule has 0 aromatic heterocycles. The zero-order valence-corrected chi connectivity index (χ0v) is 23.3. The van der Waals surface area contributed by atoms with E-state index in [-0.39, 0.29) is 24.3 Å². The molecule has 8 heteroatoms. The van der Waals surface area contributed by atoms with E-state index in [4.69, 9.17) is 4.74 Å². The first kappa shape index (κ1) is 26.5. The average molecular weight is 542 g/mol. The molecule has 4 aliphatic rings. The number of amides is 3. The number of anilines is 1. The fourth-order valence-corrected chi connectivity index (χ4v) is 7.38. The van der Waals surface area contributed by atoms with Crippen LogP contribution in [0.1, 0.15) is 29.7 Å². The van der Waals surface area contributed by atoms with Gasteiger partial charge in [-0.25, -0.2) is 0 Å². The van der Waals surface area contributed by atoms with Crippen LogP contribution < -0.4 is 4.90 Å². The lowest BCUT2D eigenvalue weighted by atomic mass is 9.74. The summed E-state index contributed by atoms with van der Waals surface area (Å²) in [6.07, 6.45) is 7.48. The average Bonchev–Trinajstić information content (AvgIpc) is 3.21. The first-order chi connectivity index (χ1) is 19.1. The Kier molecular flexibility index (Phi) is 6.23. The Morgan fingerprint density at radius 3 is 2.25 bits per heavy atom. The topological polar surface area (TPSA) is 90.4 Å². The van der Waals surface area contributed by atoms with Crippen molar-refractivity contribution in [2.45, 2.75) is 44.1 Å². The molecular weight excluding hydrogens is 506 g/mol. The molecule has 3 amide bonds. The van der Waals surface area contributed by atoms with E-state index in [1.807, 2.05) is 93.6 Å². The summed E-state index contributed by atoms with van der Waals surface area (Å²) in [6.45, 7) is 6.08. The normalized spacial score (nSPS) is 32.1. The molecule has 2 saturated heterocycles. The third-order valence-corrected chi connectivity index (χ3v) is 9.10. The number of likely N-dealkylation sites (N-methyl/N-ethyl adjacent to an activating group) is 1. The second kappa shape index (κ2) is 9.42. The van der Waals surface area contributed by atoms with Gasteiger partial charge in [0, 0.05) is 25.8 Å². The van der Waals surface area contributed by atoms with E-state index in [1.54, 1.807) is 16.8 Å². The van der Waals surface area contributed by atoms with Gasteiger partial charge in [0.05, 0.1) is 30.1 Å². The van der Waals surface area contributed by atoms with Gasteiger partial charge in [0.15, 0.2) is 0 Å². The Hall–Kier alpha value is -3.75. The lowest BCUT2D eigenvalue weighted by Crippen LogP contribution is -2.57. The Labute approximate surface area is 234 Å². The number of hydrogen-bond acceptors (Lipinski definition) is 5. The summed E-state index contributed by atoms with van der Waals surface area (Å²) >= 11 is 0. The molecule has 1 unspecified atom stereocenters. The molecule has 2 aromatic rings. The van der Waals surface area contributed by atoms with Crippen LogP contribution in [0.15, 0.2) is 72.8 Å². The maximum Gasteiger partial charge on any atom is 0.253 e. The highest BCUT2D eigenvalue weighted by Crippen LogP contribution is 2.58. The first-order valence-corrected chi connectivity index (χ1v) is 13.8. The molecule has 4 heterocycles. The van der Waals surface area contributed by atoms with Gasteiger partial charge < -0.3 is 24.5 Å². The number of rotatable bonds is 4. The molecular formula is C32H35N3O5. The number of carbonyl (C=O) groups excluding carboxylic acids is 3. The van der Waals surface area contributed by atoms with Crippen LogP contribution in [-0.4, -0.2) is 76.6 Å². The van der Waals surface area contributed by atoms with E-state index in [2.05, 4.69) is 0 Å². The molecule has 208 valence electrons. The van der Waals surface area contributed by atoms with Crippen molar-refractivity contribution in [1.82, 2.24) is 9.80 Å². The predicted molar refractivity (Wildman–Crippen MR) is 150 cm³/mol. The zero-order valence-electron chi connectivity index (χ0n) is 23.3. The van der Waals surface area contributed by atoms with Crippen molar-refractivity contribution in [2.24, 2.45) is 11.8 Å².